The Hall–Kier alpha value is -3.25. The van der Waals surface area contributed by atoms with E-state index in [4.69, 9.17) is 16.7 Å². The minimum absolute atomic E-state index is 0.0135. The average Bonchev–Trinajstić information content (AvgIpc) is 2.63. The van der Waals surface area contributed by atoms with Gasteiger partial charge < -0.3 is 10.4 Å². The summed E-state index contributed by atoms with van der Waals surface area (Å²) in [6.07, 6.45) is 4.29. The molecule has 0 bridgehead atoms. The summed E-state index contributed by atoms with van der Waals surface area (Å²) in [7, 11) is 0. The van der Waals surface area contributed by atoms with Crippen LogP contribution >= 0.6 is 11.6 Å². The number of hydrogen-bond acceptors (Lipinski definition) is 4. The zero-order valence-corrected chi connectivity index (χ0v) is 15.0. The van der Waals surface area contributed by atoms with E-state index in [2.05, 4.69) is 15.3 Å². The van der Waals surface area contributed by atoms with Crippen LogP contribution in [0.1, 0.15) is 11.3 Å². The Morgan fingerprint density at radius 3 is 2.78 bits per heavy atom. The summed E-state index contributed by atoms with van der Waals surface area (Å²) in [6, 6.07) is 11.7. The van der Waals surface area contributed by atoms with Gasteiger partial charge in [0.05, 0.1) is 10.7 Å². The molecule has 136 valence electrons. The van der Waals surface area contributed by atoms with Gasteiger partial charge in [0.1, 0.15) is 5.82 Å². The van der Waals surface area contributed by atoms with E-state index in [-0.39, 0.29) is 5.02 Å². The van der Waals surface area contributed by atoms with Gasteiger partial charge in [-0.25, -0.2) is 19.2 Å². The van der Waals surface area contributed by atoms with Crippen LogP contribution in [-0.2, 0) is 4.79 Å². The van der Waals surface area contributed by atoms with Crippen LogP contribution in [0.4, 0.5) is 16.0 Å². The highest BCUT2D eigenvalue weighted by Gasteiger charge is 2.08. The Morgan fingerprint density at radius 1 is 1.26 bits per heavy atom. The van der Waals surface area contributed by atoms with Crippen molar-refractivity contribution in [2.45, 2.75) is 6.92 Å². The molecular formula is C20H15ClFN3O2. The maximum absolute atomic E-state index is 13.2. The lowest BCUT2D eigenvalue weighted by Crippen LogP contribution is -2.00. The minimum Gasteiger partial charge on any atom is -0.478 e. The van der Waals surface area contributed by atoms with Crippen molar-refractivity contribution in [1.29, 1.82) is 0 Å². The zero-order valence-electron chi connectivity index (χ0n) is 14.3. The van der Waals surface area contributed by atoms with E-state index in [9.17, 15) is 9.18 Å². The lowest BCUT2D eigenvalue weighted by Gasteiger charge is -2.10. The van der Waals surface area contributed by atoms with Crippen molar-refractivity contribution in [2.75, 3.05) is 5.32 Å². The van der Waals surface area contributed by atoms with Crippen LogP contribution in [-0.4, -0.2) is 21.0 Å². The largest absolute Gasteiger partial charge is 0.478 e. The molecule has 27 heavy (non-hydrogen) atoms. The monoisotopic (exact) mass is 383 g/mol. The Labute approximate surface area is 160 Å². The third-order valence-electron chi connectivity index (χ3n) is 3.77. The fourth-order valence-electron chi connectivity index (χ4n) is 2.49. The fraction of sp³-hybridized carbons (Fsp3) is 0.0500. The molecule has 0 aliphatic rings. The van der Waals surface area contributed by atoms with Gasteiger partial charge in [0, 0.05) is 23.5 Å². The Morgan fingerprint density at radius 2 is 2.07 bits per heavy atom. The van der Waals surface area contributed by atoms with Crippen LogP contribution < -0.4 is 5.32 Å². The standard InChI is InChI=1S/C20H15ClFN3O2/c1-12-16(14-4-2-3-13(9-14)5-8-19(26)27)11-23-20(24-12)25-15-6-7-18(22)17(21)10-15/h2-11H,1H3,(H,26,27)(H,23,24,25)/b8-5+. The molecule has 3 aromatic rings. The number of hydrogen-bond donors (Lipinski definition) is 2. The van der Waals surface area contributed by atoms with Gasteiger partial charge in [-0.3, -0.25) is 0 Å². The predicted molar refractivity (Wildman–Crippen MR) is 104 cm³/mol. The molecule has 2 aromatic carbocycles. The SMILES string of the molecule is Cc1nc(Nc2ccc(F)c(Cl)c2)ncc1-c1cccc(/C=C/C(=O)O)c1. The molecule has 3 rings (SSSR count). The van der Waals surface area contributed by atoms with E-state index in [0.717, 1.165) is 28.5 Å². The van der Waals surface area contributed by atoms with E-state index < -0.39 is 11.8 Å². The number of rotatable bonds is 5. The highest BCUT2D eigenvalue weighted by Crippen LogP contribution is 2.25. The molecule has 0 unspecified atom stereocenters. The van der Waals surface area contributed by atoms with Crippen molar-refractivity contribution in [3.8, 4) is 11.1 Å². The summed E-state index contributed by atoms with van der Waals surface area (Å²) in [5.41, 5.74) is 3.77. The van der Waals surface area contributed by atoms with Crippen LogP contribution in [0.5, 0.6) is 0 Å². The highest BCUT2D eigenvalue weighted by molar-refractivity contribution is 6.31. The van der Waals surface area contributed by atoms with E-state index >= 15 is 0 Å². The number of nitrogens with one attached hydrogen (secondary N) is 1. The first kappa shape index (κ1) is 18.5. The van der Waals surface area contributed by atoms with Gasteiger partial charge in [-0.2, -0.15) is 0 Å². The molecule has 7 heteroatoms. The quantitative estimate of drug-likeness (QED) is 0.600. The average molecular weight is 384 g/mol. The van der Waals surface area contributed by atoms with Crippen molar-refractivity contribution >= 4 is 35.3 Å². The summed E-state index contributed by atoms with van der Waals surface area (Å²) < 4.78 is 13.2. The molecule has 0 aliphatic heterocycles. The molecule has 0 aliphatic carbocycles. The first-order valence-electron chi connectivity index (χ1n) is 7.99. The minimum atomic E-state index is -1.00. The molecular weight excluding hydrogens is 369 g/mol. The third kappa shape index (κ3) is 4.68. The number of carboxylic acid groups (broad SMARTS) is 1. The second-order valence-electron chi connectivity index (χ2n) is 5.74. The van der Waals surface area contributed by atoms with E-state index in [1.165, 1.54) is 18.2 Å². The zero-order chi connectivity index (χ0) is 19.4. The predicted octanol–water partition coefficient (Wildman–Crippen LogP) is 5.09. The Bertz CT molecular complexity index is 1040. The smallest absolute Gasteiger partial charge is 0.328 e. The summed E-state index contributed by atoms with van der Waals surface area (Å²) in [4.78, 5) is 19.4. The molecule has 1 aromatic heterocycles. The van der Waals surface area contributed by atoms with Crippen molar-refractivity contribution in [1.82, 2.24) is 9.97 Å². The number of aryl methyl sites for hydroxylation is 1. The maximum atomic E-state index is 13.2. The second kappa shape index (κ2) is 7.97. The molecule has 2 N–H and O–H groups in total. The molecule has 0 radical (unpaired) electrons. The number of carboxylic acids is 1. The molecule has 0 fully saturated rings. The number of aromatic nitrogens is 2. The molecule has 0 amide bonds. The van der Waals surface area contributed by atoms with E-state index in [1.807, 2.05) is 31.2 Å². The Kier molecular flexibility index (Phi) is 5.47. The summed E-state index contributed by atoms with van der Waals surface area (Å²) in [5.74, 6) is -1.14. The van der Waals surface area contributed by atoms with Gasteiger partial charge in [-0.05, 0) is 48.4 Å². The van der Waals surface area contributed by atoms with Gasteiger partial charge in [0.25, 0.3) is 0 Å². The third-order valence-corrected chi connectivity index (χ3v) is 4.06. The molecule has 0 atom stereocenters. The number of carbonyl (C=O) groups is 1. The van der Waals surface area contributed by atoms with Crippen molar-refractivity contribution in [2.24, 2.45) is 0 Å². The van der Waals surface area contributed by atoms with Gasteiger partial charge in [0.2, 0.25) is 5.95 Å². The molecule has 1 heterocycles. The number of aliphatic carboxylic acids is 1. The highest BCUT2D eigenvalue weighted by atomic mass is 35.5. The van der Waals surface area contributed by atoms with Crippen molar-refractivity contribution in [3.63, 3.8) is 0 Å². The first-order valence-corrected chi connectivity index (χ1v) is 8.37. The van der Waals surface area contributed by atoms with E-state index in [1.54, 1.807) is 12.3 Å². The number of benzene rings is 2. The van der Waals surface area contributed by atoms with Crippen molar-refractivity contribution in [3.05, 3.63) is 76.8 Å². The van der Waals surface area contributed by atoms with Gasteiger partial charge in [-0.1, -0.05) is 29.8 Å². The lowest BCUT2D eigenvalue weighted by molar-refractivity contribution is -0.131. The summed E-state index contributed by atoms with van der Waals surface area (Å²) >= 11 is 5.78. The van der Waals surface area contributed by atoms with Crippen LogP contribution in [0, 0.1) is 12.7 Å². The van der Waals surface area contributed by atoms with Gasteiger partial charge >= 0.3 is 5.97 Å². The summed E-state index contributed by atoms with van der Waals surface area (Å²) in [5, 5.41) is 11.7. The fourth-order valence-corrected chi connectivity index (χ4v) is 2.67. The molecule has 0 saturated heterocycles. The number of anilines is 2. The topological polar surface area (TPSA) is 75.1 Å². The van der Waals surface area contributed by atoms with Crippen LogP contribution in [0.25, 0.3) is 17.2 Å². The number of nitrogens with zero attached hydrogens (tertiary/aromatic N) is 2. The van der Waals surface area contributed by atoms with Gasteiger partial charge in [-0.15, -0.1) is 0 Å². The normalized spacial score (nSPS) is 10.9. The first-order chi connectivity index (χ1) is 12.9. The van der Waals surface area contributed by atoms with Crippen LogP contribution in [0.15, 0.2) is 54.7 Å². The second-order valence-corrected chi connectivity index (χ2v) is 6.15. The number of halogens is 2. The van der Waals surface area contributed by atoms with Gasteiger partial charge in [0.15, 0.2) is 0 Å². The van der Waals surface area contributed by atoms with E-state index in [0.29, 0.717) is 11.6 Å². The maximum Gasteiger partial charge on any atom is 0.328 e. The molecule has 5 nitrogen and oxygen atoms in total. The van der Waals surface area contributed by atoms with Crippen LogP contribution in [0.3, 0.4) is 0 Å². The lowest BCUT2D eigenvalue weighted by atomic mass is 10.0. The van der Waals surface area contributed by atoms with Crippen LogP contribution in [0.2, 0.25) is 5.02 Å². The molecule has 0 saturated carbocycles. The summed E-state index contributed by atoms with van der Waals surface area (Å²) in [6.45, 7) is 1.85. The molecule has 0 spiro atoms. The Balaban J connectivity index is 1.85. The van der Waals surface area contributed by atoms with Crippen molar-refractivity contribution < 1.29 is 14.3 Å².